The third-order valence-corrected chi connectivity index (χ3v) is 8.51. The number of esters is 1. The predicted octanol–water partition coefficient (Wildman–Crippen LogP) is 3.37. The minimum Gasteiger partial charge on any atom is -0.465 e. The molecule has 1 spiro atoms. The number of benzene rings is 1. The fourth-order valence-corrected chi connectivity index (χ4v) is 6.56. The summed E-state index contributed by atoms with van der Waals surface area (Å²) >= 11 is 6.07. The Labute approximate surface area is 222 Å². The summed E-state index contributed by atoms with van der Waals surface area (Å²) in [6.07, 6.45) is 4.17. The van der Waals surface area contributed by atoms with Gasteiger partial charge in [0.2, 0.25) is 5.91 Å². The van der Waals surface area contributed by atoms with Gasteiger partial charge in [-0.1, -0.05) is 30.7 Å². The molecule has 3 aliphatic rings. The van der Waals surface area contributed by atoms with Crippen molar-refractivity contribution < 1.29 is 29.0 Å². The van der Waals surface area contributed by atoms with Crippen LogP contribution < -0.4 is 4.90 Å². The molecule has 3 saturated heterocycles. The van der Waals surface area contributed by atoms with Gasteiger partial charge in [0.15, 0.2) is 0 Å². The number of anilines is 1. The molecular weight excluding hydrogens is 496 g/mol. The van der Waals surface area contributed by atoms with Gasteiger partial charge in [-0.2, -0.15) is 0 Å². The molecule has 1 N–H and O–H groups in total. The van der Waals surface area contributed by atoms with Gasteiger partial charge in [-0.15, -0.1) is 13.2 Å². The van der Waals surface area contributed by atoms with Crippen molar-refractivity contribution in [1.29, 1.82) is 0 Å². The van der Waals surface area contributed by atoms with E-state index < -0.39 is 41.1 Å². The molecule has 3 unspecified atom stereocenters. The van der Waals surface area contributed by atoms with Gasteiger partial charge >= 0.3 is 5.97 Å². The third kappa shape index (κ3) is 4.19. The van der Waals surface area contributed by atoms with E-state index in [2.05, 4.69) is 13.2 Å². The number of rotatable bonds is 10. The van der Waals surface area contributed by atoms with Crippen molar-refractivity contribution >= 4 is 35.1 Å². The second-order valence-corrected chi connectivity index (χ2v) is 10.9. The number of carbonyl (C=O) groups excluding carboxylic acids is 3. The largest absolute Gasteiger partial charge is 0.465 e. The van der Waals surface area contributed by atoms with Crippen molar-refractivity contribution in [1.82, 2.24) is 4.90 Å². The fraction of sp³-hybridized carbons (Fsp3) is 0.536. The Morgan fingerprint density at radius 1 is 1.32 bits per heavy atom. The normalized spacial score (nSPS) is 32.7. The summed E-state index contributed by atoms with van der Waals surface area (Å²) in [4.78, 5) is 44.8. The third-order valence-electron chi connectivity index (χ3n) is 8.26. The molecule has 3 aliphatic heterocycles. The number of carbonyl (C=O) groups is 3. The minimum absolute atomic E-state index is 0.114. The second-order valence-electron chi connectivity index (χ2n) is 10.4. The topological polar surface area (TPSA) is 96.4 Å². The van der Waals surface area contributed by atoms with Crippen LogP contribution in [0.4, 0.5) is 5.69 Å². The van der Waals surface area contributed by atoms with Gasteiger partial charge < -0.3 is 24.4 Å². The van der Waals surface area contributed by atoms with Crippen LogP contribution in [0.25, 0.3) is 0 Å². The first-order valence-corrected chi connectivity index (χ1v) is 13.0. The Kier molecular flexibility index (Phi) is 7.57. The molecule has 2 amide bonds. The van der Waals surface area contributed by atoms with E-state index in [1.165, 1.54) is 9.80 Å². The average Bonchev–Trinajstić information content (AvgIpc) is 3.39. The van der Waals surface area contributed by atoms with Crippen molar-refractivity contribution in [3.05, 3.63) is 54.6 Å². The van der Waals surface area contributed by atoms with E-state index in [0.29, 0.717) is 23.6 Å². The molecule has 0 radical (unpaired) electrons. The molecule has 0 aromatic heterocycles. The monoisotopic (exact) mass is 530 g/mol. The molecule has 3 fully saturated rings. The first kappa shape index (κ1) is 27.4. The lowest BCUT2D eigenvalue weighted by Gasteiger charge is -2.38. The minimum atomic E-state index is -1.24. The van der Waals surface area contributed by atoms with Crippen LogP contribution in [0.3, 0.4) is 0 Å². The number of nitrogens with zero attached hydrogens (tertiary/aromatic N) is 2. The summed E-state index contributed by atoms with van der Waals surface area (Å²) in [5, 5.41) is 10.6. The predicted molar refractivity (Wildman–Crippen MR) is 140 cm³/mol. The van der Waals surface area contributed by atoms with E-state index in [1.54, 1.807) is 43.3 Å². The number of aliphatic hydroxyl groups is 1. The highest BCUT2D eigenvalue weighted by molar-refractivity contribution is 6.30. The van der Waals surface area contributed by atoms with E-state index in [-0.39, 0.29) is 37.5 Å². The lowest BCUT2D eigenvalue weighted by Crippen LogP contribution is -2.58. The molecule has 0 saturated carbocycles. The quantitative estimate of drug-likeness (QED) is 0.283. The SMILES string of the molecule is C=CCCOC(=O)[C@@H]1[C@H]2C(=O)N([C@H](C)CO)C(C(=O)N(CC=C)c3ccc(Cl)cc3)C23CC(C)[C@@]1(C)O3. The van der Waals surface area contributed by atoms with Crippen molar-refractivity contribution in [2.45, 2.75) is 56.9 Å². The van der Waals surface area contributed by atoms with Crippen molar-refractivity contribution in [2.75, 3.05) is 24.7 Å². The van der Waals surface area contributed by atoms with Gasteiger partial charge in [0.1, 0.15) is 17.6 Å². The maximum atomic E-state index is 14.4. The number of hydrogen-bond donors (Lipinski definition) is 1. The van der Waals surface area contributed by atoms with E-state index in [9.17, 15) is 19.5 Å². The Hall–Kier alpha value is -2.68. The lowest BCUT2D eigenvalue weighted by molar-refractivity contribution is -0.162. The Balaban J connectivity index is 1.81. The van der Waals surface area contributed by atoms with Gasteiger partial charge in [0, 0.05) is 17.3 Å². The van der Waals surface area contributed by atoms with Crippen molar-refractivity contribution in [3.8, 4) is 0 Å². The molecule has 8 nitrogen and oxygen atoms in total. The zero-order chi connectivity index (χ0) is 27.1. The number of aliphatic hydroxyl groups excluding tert-OH is 1. The first-order valence-electron chi connectivity index (χ1n) is 12.7. The molecule has 1 aromatic carbocycles. The second kappa shape index (κ2) is 10.2. The first-order chi connectivity index (χ1) is 17.6. The molecule has 0 aliphatic carbocycles. The van der Waals surface area contributed by atoms with Crippen LogP contribution in [0.5, 0.6) is 0 Å². The summed E-state index contributed by atoms with van der Waals surface area (Å²) in [6.45, 7) is 12.9. The molecule has 7 atom stereocenters. The van der Waals surface area contributed by atoms with Crippen LogP contribution in [0.1, 0.15) is 33.6 Å². The Morgan fingerprint density at radius 3 is 2.59 bits per heavy atom. The van der Waals surface area contributed by atoms with Crippen LogP contribution in [0.2, 0.25) is 5.02 Å². The molecular formula is C28H35ClN2O6. The molecule has 4 rings (SSSR count). The van der Waals surface area contributed by atoms with Crippen LogP contribution in [-0.4, -0.2) is 70.8 Å². The van der Waals surface area contributed by atoms with Crippen LogP contribution in [0, 0.1) is 17.8 Å². The zero-order valence-corrected chi connectivity index (χ0v) is 22.3. The van der Waals surface area contributed by atoms with E-state index in [0.717, 1.165) is 0 Å². The summed E-state index contributed by atoms with van der Waals surface area (Å²) in [7, 11) is 0. The number of fused-ring (bicyclic) bond motifs is 1. The summed E-state index contributed by atoms with van der Waals surface area (Å²) in [6, 6.07) is 5.12. The van der Waals surface area contributed by atoms with Crippen LogP contribution in [0.15, 0.2) is 49.6 Å². The fourth-order valence-electron chi connectivity index (χ4n) is 6.43. The highest BCUT2D eigenvalue weighted by Gasteiger charge is 2.80. The smallest absolute Gasteiger partial charge is 0.312 e. The zero-order valence-electron chi connectivity index (χ0n) is 21.6. The summed E-state index contributed by atoms with van der Waals surface area (Å²) in [5.41, 5.74) is -1.62. The molecule has 1 aromatic rings. The Bertz CT molecular complexity index is 1090. The lowest BCUT2D eigenvalue weighted by atomic mass is 9.62. The molecule has 3 heterocycles. The van der Waals surface area contributed by atoms with Gasteiger partial charge in [0.25, 0.3) is 5.91 Å². The van der Waals surface area contributed by atoms with E-state index in [1.807, 2.05) is 13.8 Å². The van der Waals surface area contributed by atoms with E-state index in [4.69, 9.17) is 21.1 Å². The van der Waals surface area contributed by atoms with Gasteiger partial charge in [-0.05, 0) is 56.9 Å². The average molecular weight is 531 g/mol. The highest BCUT2D eigenvalue weighted by Crippen LogP contribution is 2.65. The molecule has 37 heavy (non-hydrogen) atoms. The van der Waals surface area contributed by atoms with Gasteiger partial charge in [-0.3, -0.25) is 14.4 Å². The Morgan fingerprint density at radius 2 is 2.00 bits per heavy atom. The number of ether oxygens (including phenoxy) is 2. The molecule has 9 heteroatoms. The molecule has 2 bridgehead atoms. The standard InChI is InChI=1S/C28H35ClN2O6/c1-6-8-14-36-26(35)22-21-24(33)31(18(4)16-32)23(28(21)15-17(3)27(22,5)37-28)25(34)30(13-7-2)20-11-9-19(29)10-12-20/h6-7,9-12,17-18,21-23,32H,1-2,8,13-16H2,3-5H3/t17?,18-,21+,22+,23?,27-,28?/m1/s1. The maximum Gasteiger partial charge on any atom is 0.312 e. The van der Waals surface area contributed by atoms with Gasteiger partial charge in [-0.25, -0.2) is 0 Å². The summed E-state index contributed by atoms with van der Waals surface area (Å²) < 4.78 is 12.2. The molecule has 200 valence electrons. The number of hydrogen-bond acceptors (Lipinski definition) is 6. The van der Waals surface area contributed by atoms with Crippen molar-refractivity contribution in [3.63, 3.8) is 0 Å². The summed E-state index contributed by atoms with van der Waals surface area (Å²) in [5.74, 6) is -3.14. The van der Waals surface area contributed by atoms with E-state index >= 15 is 0 Å². The maximum absolute atomic E-state index is 14.4. The number of likely N-dealkylation sites (tertiary alicyclic amines) is 1. The van der Waals surface area contributed by atoms with Gasteiger partial charge in [0.05, 0.1) is 30.8 Å². The number of halogens is 1. The van der Waals surface area contributed by atoms with Crippen LogP contribution in [-0.2, 0) is 23.9 Å². The highest BCUT2D eigenvalue weighted by atomic mass is 35.5. The van der Waals surface area contributed by atoms with Crippen molar-refractivity contribution in [2.24, 2.45) is 17.8 Å². The van der Waals surface area contributed by atoms with Crippen LogP contribution >= 0.6 is 11.6 Å². The number of amides is 2.